The molecule has 1 aromatic rings. The molecule has 2 saturated carbocycles. The van der Waals surface area contributed by atoms with Crippen LogP contribution in [0.5, 0.6) is 5.88 Å². The number of thiazole rings is 1. The molecule has 0 saturated heterocycles. The van der Waals surface area contributed by atoms with Crippen molar-refractivity contribution in [3.63, 3.8) is 0 Å². The van der Waals surface area contributed by atoms with Gasteiger partial charge in [0.25, 0.3) is 0 Å². The summed E-state index contributed by atoms with van der Waals surface area (Å²) in [7, 11) is 0. The van der Waals surface area contributed by atoms with Crippen molar-refractivity contribution in [3.8, 4) is 5.88 Å². The number of aromatic hydroxyl groups is 1. The molecule has 82 valence electrons. The van der Waals surface area contributed by atoms with Gasteiger partial charge in [-0.25, -0.2) is 0 Å². The number of nitrogens with zero attached hydrogens (tertiary/aromatic N) is 1. The summed E-state index contributed by atoms with van der Waals surface area (Å²) >= 11 is 1.56. The van der Waals surface area contributed by atoms with Gasteiger partial charge in [0.05, 0.1) is 4.88 Å². The molecule has 1 aromatic heterocycles. The molecule has 0 radical (unpaired) electrons. The summed E-state index contributed by atoms with van der Waals surface area (Å²) in [5.41, 5.74) is 0. The molecule has 15 heavy (non-hydrogen) atoms. The molecule has 2 aliphatic carbocycles. The van der Waals surface area contributed by atoms with Gasteiger partial charge in [-0.3, -0.25) is 0 Å². The quantitative estimate of drug-likeness (QED) is 0.812. The predicted molar refractivity (Wildman–Crippen MR) is 61.4 cm³/mol. The molecule has 3 nitrogen and oxygen atoms in total. The second-order valence-electron chi connectivity index (χ2n) is 4.82. The van der Waals surface area contributed by atoms with Crippen molar-refractivity contribution in [1.29, 1.82) is 0 Å². The van der Waals surface area contributed by atoms with Gasteiger partial charge in [-0.05, 0) is 38.0 Å². The second kappa shape index (κ2) is 3.37. The molecule has 3 rings (SSSR count). The van der Waals surface area contributed by atoms with Gasteiger partial charge in [0.1, 0.15) is 0 Å². The first-order valence-corrected chi connectivity index (χ1v) is 6.47. The van der Waals surface area contributed by atoms with E-state index >= 15 is 0 Å². The first-order chi connectivity index (χ1) is 7.22. The van der Waals surface area contributed by atoms with Gasteiger partial charge >= 0.3 is 0 Å². The Balaban J connectivity index is 1.70. The van der Waals surface area contributed by atoms with E-state index in [0.717, 1.165) is 21.8 Å². The Bertz CT molecular complexity index is 357. The van der Waals surface area contributed by atoms with Gasteiger partial charge in [-0.15, -0.1) is 0 Å². The SMILES string of the molecule is Cc1sc(N[C@H]2CC3CCC2C3)nc1O. The van der Waals surface area contributed by atoms with E-state index in [2.05, 4.69) is 10.3 Å². The van der Waals surface area contributed by atoms with Crippen LogP contribution in [0, 0.1) is 18.8 Å². The molecule has 1 heterocycles. The maximum Gasteiger partial charge on any atom is 0.226 e. The molecule has 0 spiro atoms. The summed E-state index contributed by atoms with van der Waals surface area (Å²) in [4.78, 5) is 5.02. The Labute approximate surface area is 93.5 Å². The van der Waals surface area contributed by atoms with Crippen LogP contribution in [0.3, 0.4) is 0 Å². The van der Waals surface area contributed by atoms with Crippen LogP contribution >= 0.6 is 11.3 Å². The highest BCUT2D eigenvalue weighted by atomic mass is 32.1. The van der Waals surface area contributed by atoms with Crippen LogP contribution < -0.4 is 5.32 Å². The van der Waals surface area contributed by atoms with Crippen LogP contribution in [0.4, 0.5) is 5.13 Å². The minimum Gasteiger partial charge on any atom is -0.492 e. The van der Waals surface area contributed by atoms with E-state index in [4.69, 9.17) is 0 Å². The lowest BCUT2D eigenvalue weighted by molar-refractivity contribution is 0.437. The Morgan fingerprint density at radius 2 is 2.27 bits per heavy atom. The highest BCUT2D eigenvalue weighted by molar-refractivity contribution is 7.15. The van der Waals surface area contributed by atoms with Gasteiger partial charge < -0.3 is 10.4 Å². The summed E-state index contributed by atoms with van der Waals surface area (Å²) in [6.07, 6.45) is 5.49. The Hall–Kier alpha value is -0.770. The van der Waals surface area contributed by atoms with Crippen LogP contribution in [0.1, 0.15) is 30.6 Å². The number of anilines is 1. The number of aryl methyl sites for hydroxylation is 1. The fourth-order valence-corrected chi connectivity index (χ4v) is 3.80. The predicted octanol–water partition coefficient (Wildman–Crippen LogP) is 2.76. The standard InChI is InChI=1S/C11H16N2OS/c1-6-10(14)13-11(15-6)12-9-5-7-2-3-8(9)4-7/h7-9,14H,2-5H2,1H3,(H,12,13)/t7?,8?,9-/m0/s1. The molecule has 0 amide bonds. The lowest BCUT2D eigenvalue weighted by atomic mass is 9.96. The summed E-state index contributed by atoms with van der Waals surface area (Å²) in [5, 5.41) is 13.8. The van der Waals surface area contributed by atoms with E-state index in [1.165, 1.54) is 25.7 Å². The molecule has 2 N–H and O–H groups in total. The van der Waals surface area contributed by atoms with Crippen LogP contribution in [0.2, 0.25) is 0 Å². The smallest absolute Gasteiger partial charge is 0.226 e. The first-order valence-electron chi connectivity index (χ1n) is 5.65. The van der Waals surface area contributed by atoms with Crippen molar-refractivity contribution in [3.05, 3.63) is 4.88 Å². The van der Waals surface area contributed by atoms with Crippen LogP contribution in [-0.2, 0) is 0 Å². The number of fused-ring (bicyclic) bond motifs is 2. The topological polar surface area (TPSA) is 45.2 Å². The average Bonchev–Trinajstić information content (AvgIpc) is 2.84. The zero-order chi connectivity index (χ0) is 10.4. The van der Waals surface area contributed by atoms with Crippen molar-refractivity contribution in [2.24, 2.45) is 11.8 Å². The van der Waals surface area contributed by atoms with Crippen molar-refractivity contribution in [1.82, 2.24) is 4.98 Å². The molecular weight excluding hydrogens is 208 g/mol. The third-order valence-electron chi connectivity index (χ3n) is 3.82. The molecular formula is C11H16N2OS. The van der Waals surface area contributed by atoms with E-state index in [9.17, 15) is 5.11 Å². The highest BCUT2D eigenvalue weighted by Crippen LogP contribution is 2.46. The highest BCUT2D eigenvalue weighted by Gasteiger charge is 2.39. The molecule has 2 aliphatic rings. The van der Waals surface area contributed by atoms with Gasteiger partial charge in [0.15, 0.2) is 5.13 Å². The Kier molecular flexibility index (Phi) is 2.12. The monoisotopic (exact) mass is 224 g/mol. The van der Waals surface area contributed by atoms with E-state index in [1.807, 2.05) is 6.92 Å². The first kappa shape index (κ1) is 9.46. The van der Waals surface area contributed by atoms with E-state index in [-0.39, 0.29) is 5.88 Å². The van der Waals surface area contributed by atoms with Crippen LogP contribution in [0.15, 0.2) is 0 Å². The molecule has 0 aromatic carbocycles. The number of hydrogen-bond acceptors (Lipinski definition) is 4. The number of hydrogen-bond donors (Lipinski definition) is 2. The van der Waals surface area contributed by atoms with Crippen LogP contribution in [0.25, 0.3) is 0 Å². The number of nitrogens with one attached hydrogen (secondary N) is 1. The van der Waals surface area contributed by atoms with Crippen molar-refractivity contribution in [2.75, 3.05) is 5.32 Å². The van der Waals surface area contributed by atoms with Crippen molar-refractivity contribution >= 4 is 16.5 Å². The lowest BCUT2D eigenvalue weighted by Crippen LogP contribution is -2.25. The molecule has 3 atom stereocenters. The van der Waals surface area contributed by atoms with E-state index in [0.29, 0.717) is 6.04 Å². The fourth-order valence-electron chi connectivity index (χ4n) is 3.03. The number of rotatable bonds is 2. The van der Waals surface area contributed by atoms with Gasteiger partial charge in [0.2, 0.25) is 5.88 Å². The maximum absolute atomic E-state index is 9.41. The molecule has 2 unspecified atom stereocenters. The summed E-state index contributed by atoms with van der Waals surface area (Å²) in [6, 6.07) is 0.605. The third-order valence-corrected chi connectivity index (χ3v) is 4.71. The largest absolute Gasteiger partial charge is 0.492 e. The van der Waals surface area contributed by atoms with Crippen LogP contribution in [-0.4, -0.2) is 16.1 Å². The van der Waals surface area contributed by atoms with E-state index < -0.39 is 0 Å². The molecule has 2 bridgehead atoms. The summed E-state index contributed by atoms with van der Waals surface area (Å²) < 4.78 is 0. The normalized spacial score (nSPS) is 33.5. The molecule has 0 aliphatic heterocycles. The van der Waals surface area contributed by atoms with Crippen molar-refractivity contribution < 1.29 is 5.11 Å². The fraction of sp³-hybridized carbons (Fsp3) is 0.727. The minimum absolute atomic E-state index is 0.186. The van der Waals surface area contributed by atoms with E-state index in [1.54, 1.807) is 11.3 Å². The van der Waals surface area contributed by atoms with Gasteiger partial charge in [-0.2, -0.15) is 4.98 Å². The Morgan fingerprint density at radius 3 is 2.80 bits per heavy atom. The maximum atomic E-state index is 9.41. The third kappa shape index (κ3) is 1.61. The molecule has 2 fully saturated rings. The minimum atomic E-state index is 0.186. The summed E-state index contributed by atoms with van der Waals surface area (Å²) in [5.74, 6) is 1.98. The average molecular weight is 224 g/mol. The van der Waals surface area contributed by atoms with Gasteiger partial charge in [0, 0.05) is 6.04 Å². The molecule has 4 heteroatoms. The van der Waals surface area contributed by atoms with Gasteiger partial charge in [-0.1, -0.05) is 17.8 Å². The zero-order valence-corrected chi connectivity index (χ0v) is 9.68. The lowest BCUT2D eigenvalue weighted by Gasteiger charge is -2.22. The number of aromatic nitrogens is 1. The second-order valence-corrected chi connectivity index (χ2v) is 6.03. The summed E-state index contributed by atoms with van der Waals surface area (Å²) in [6.45, 7) is 1.90. The van der Waals surface area contributed by atoms with Crippen molar-refractivity contribution in [2.45, 2.75) is 38.6 Å². The zero-order valence-electron chi connectivity index (χ0n) is 8.86. The Morgan fingerprint density at radius 1 is 1.40 bits per heavy atom.